The minimum Gasteiger partial charge on any atom is -0.376 e. The number of amides is 1. The lowest BCUT2D eigenvalue weighted by molar-refractivity contribution is -0.128. The fraction of sp³-hybridized carbons (Fsp3) is 0.938. The number of carbonyl (C=O) groups is 1. The number of rotatable bonds is 5. The Hall–Kier alpha value is -0.610. The predicted octanol–water partition coefficient (Wildman–Crippen LogP) is 1.84. The summed E-state index contributed by atoms with van der Waals surface area (Å²) >= 11 is 0. The van der Waals surface area contributed by atoms with Crippen molar-refractivity contribution in [2.45, 2.75) is 63.5 Å². The highest BCUT2D eigenvalue weighted by Gasteiger charge is 2.38. The van der Waals surface area contributed by atoms with E-state index in [2.05, 4.69) is 10.6 Å². The van der Waals surface area contributed by atoms with Crippen LogP contribution in [-0.2, 0) is 9.53 Å². The Bertz CT molecular complexity index is 320. The molecule has 0 aromatic heterocycles. The van der Waals surface area contributed by atoms with Gasteiger partial charge in [-0.05, 0) is 44.6 Å². The molecule has 114 valence electrons. The highest BCUT2D eigenvalue weighted by atomic mass is 16.5. The van der Waals surface area contributed by atoms with Gasteiger partial charge in [0, 0.05) is 12.6 Å². The van der Waals surface area contributed by atoms with E-state index < -0.39 is 0 Å². The second-order valence-electron chi connectivity index (χ2n) is 6.72. The van der Waals surface area contributed by atoms with Crippen molar-refractivity contribution in [2.24, 2.45) is 11.8 Å². The van der Waals surface area contributed by atoms with Gasteiger partial charge in [0.25, 0.3) is 0 Å². The molecule has 2 N–H and O–H groups in total. The molecule has 3 unspecified atom stereocenters. The van der Waals surface area contributed by atoms with Crippen LogP contribution in [-0.4, -0.2) is 37.7 Å². The van der Waals surface area contributed by atoms with E-state index in [0.29, 0.717) is 31.2 Å². The SMILES string of the molecule is O=C(NCCOC1CCCCC1)C1CC2CCC1NC2. The molecule has 1 amide bonds. The maximum Gasteiger partial charge on any atom is 0.224 e. The van der Waals surface area contributed by atoms with Crippen molar-refractivity contribution < 1.29 is 9.53 Å². The molecule has 2 aliphatic carbocycles. The summed E-state index contributed by atoms with van der Waals surface area (Å²) in [5, 5.41) is 6.57. The maximum atomic E-state index is 12.2. The van der Waals surface area contributed by atoms with Gasteiger partial charge in [-0.2, -0.15) is 0 Å². The van der Waals surface area contributed by atoms with Crippen LogP contribution in [0, 0.1) is 11.8 Å². The Labute approximate surface area is 122 Å². The molecule has 3 atom stereocenters. The molecule has 4 fully saturated rings. The van der Waals surface area contributed by atoms with Gasteiger partial charge in [0.2, 0.25) is 5.91 Å². The highest BCUT2D eigenvalue weighted by molar-refractivity contribution is 5.79. The van der Waals surface area contributed by atoms with E-state index in [-0.39, 0.29) is 11.8 Å². The van der Waals surface area contributed by atoms with Crippen LogP contribution in [0.5, 0.6) is 0 Å². The normalized spacial score (nSPS) is 34.1. The third-order valence-corrected chi connectivity index (χ3v) is 5.27. The van der Waals surface area contributed by atoms with E-state index >= 15 is 0 Å². The zero-order chi connectivity index (χ0) is 13.8. The van der Waals surface area contributed by atoms with Gasteiger partial charge < -0.3 is 15.4 Å². The largest absolute Gasteiger partial charge is 0.376 e. The molecule has 0 radical (unpaired) electrons. The lowest BCUT2D eigenvalue weighted by atomic mass is 9.74. The summed E-state index contributed by atoms with van der Waals surface area (Å²) < 4.78 is 5.85. The topological polar surface area (TPSA) is 50.4 Å². The van der Waals surface area contributed by atoms with Crippen molar-refractivity contribution in [1.29, 1.82) is 0 Å². The van der Waals surface area contributed by atoms with Crippen LogP contribution in [0.15, 0.2) is 0 Å². The second kappa shape index (κ2) is 6.90. The minimum atomic E-state index is 0.192. The van der Waals surface area contributed by atoms with Crippen molar-refractivity contribution in [2.75, 3.05) is 19.7 Å². The number of hydrogen-bond acceptors (Lipinski definition) is 3. The molecule has 4 nitrogen and oxygen atoms in total. The zero-order valence-electron chi connectivity index (χ0n) is 12.4. The number of hydrogen-bond donors (Lipinski definition) is 2. The molecular weight excluding hydrogens is 252 g/mol. The summed E-state index contributed by atoms with van der Waals surface area (Å²) in [5.74, 6) is 1.14. The first-order valence-electron chi connectivity index (χ1n) is 8.45. The highest BCUT2D eigenvalue weighted by Crippen LogP contribution is 2.33. The number of nitrogens with one attached hydrogen (secondary N) is 2. The molecule has 4 rings (SSSR count). The van der Waals surface area contributed by atoms with E-state index in [4.69, 9.17) is 4.74 Å². The number of fused-ring (bicyclic) bond motifs is 3. The van der Waals surface area contributed by atoms with Gasteiger partial charge in [-0.3, -0.25) is 4.79 Å². The predicted molar refractivity (Wildman–Crippen MR) is 78.5 cm³/mol. The molecular formula is C16H28N2O2. The smallest absolute Gasteiger partial charge is 0.224 e. The lowest BCUT2D eigenvalue weighted by Crippen LogP contribution is -2.55. The van der Waals surface area contributed by atoms with E-state index in [1.54, 1.807) is 0 Å². The van der Waals surface area contributed by atoms with Gasteiger partial charge in [-0.25, -0.2) is 0 Å². The van der Waals surface area contributed by atoms with Crippen LogP contribution in [0.3, 0.4) is 0 Å². The molecule has 2 aliphatic heterocycles. The van der Waals surface area contributed by atoms with E-state index in [0.717, 1.165) is 13.0 Å². The summed E-state index contributed by atoms with van der Waals surface area (Å²) in [4.78, 5) is 12.2. The van der Waals surface area contributed by atoms with Gasteiger partial charge in [0.15, 0.2) is 0 Å². The second-order valence-corrected chi connectivity index (χ2v) is 6.72. The fourth-order valence-corrected chi connectivity index (χ4v) is 4.06. The quantitative estimate of drug-likeness (QED) is 0.756. The van der Waals surface area contributed by atoms with Gasteiger partial charge in [0.1, 0.15) is 0 Å². The summed E-state index contributed by atoms with van der Waals surface area (Å²) in [6, 6.07) is 0.416. The molecule has 2 bridgehead atoms. The lowest BCUT2D eigenvalue weighted by Gasteiger charge is -2.42. The van der Waals surface area contributed by atoms with E-state index in [1.807, 2.05) is 0 Å². The van der Waals surface area contributed by atoms with Crippen LogP contribution in [0.25, 0.3) is 0 Å². The van der Waals surface area contributed by atoms with Gasteiger partial charge in [-0.1, -0.05) is 19.3 Å². The molecule has 2 saturated heterocycles. The van der Waals surface area contributed by atoms with Crippen molar-refractivity contribution >= 4 is 5.91 Å². The maximum absolute atomic E-state index is 12.2. The third-order valence-electron chi connectivity index (χ3n) is 5.27. The Balaban J connectivity index is 1.33. The van der Waals surface area contributed by atoms with Crippen molar-refractivity contribution in [1.82, 2.24) is 10.6 Å². The first-order chi connectivity index (χ1) is 9.83. The van der Waals surface area contributed by atoms with Crippen LogP contribution in [0.2, 0.25) is 0 Å². The summed E-state index contributed by atoms with van der Waals surface area (Å²) in [7, 11) is 0. The Morgan fingerprint density at radius 2 is 2.00 bits per heavy atom. The number of piperidine rings is 2. The molecule has 2 saturated carbocycles. The molecule has 2 heterocycles. The van der Waals surface area contributed by atoms with Crippen LogP contribution < -0.4 is 10.6 Å². The summed E-state index contributed by atoms with van der Waals surface area (Å²) in [6.45, 7) is 2.45. The van der Waals surface area contributed by atoms with E-state index in [9.17, 15) is 4.79 Å². The average molecular weight is 280 g/mol. The van der Waals surface area contributed by atoms with Gasteiger partial charge >= 0.3 is 0 Å². The fourth-order valence-electron chi connectivity index (χ4n) is 4.06. The third kappa shape index (κ3) is 3.53. The molecule has 0 spiro atoms. The van der Waals surface area contributed by atoms with Gasteiger partial charge in [0.05, 0.1) is 18.6 Å². The average Bonchev–Trinajstić information content (AvgIpc) is 2.53. The number of carbonyl (C=O) groups excluding carboxylic acids is 1. The van der Waals surface area contributed by atoms with Crippen LogP contribution in [0.4, 0.5) is 0 Å². The molecule has 4 aliphatic rings. The Morgan fingerprint density at radius 1 is 1.15 bits per heavy atom. The van der Waals surface area contributed by atoms with Crippen molar-refractivity contribution in [3.63, 3.8) is 0 Å². The van der Waals surface area contributed by atoms with E-state index in [1.165, 1.54) is 44.9 Å². The van der Waals surface area contributed by atoms with Gasteiger partial charge in [-0.15, -0.1) is 0 Å². The summed E-state index contributed by atoms with van der Waals surface area (Å²) in [6.07, 6.45) is 10.3. The molecule has 4 heteroatoms. The molecule has 0 aromatic carbocycles. The first-order valence-corrected chi connectivity index (χ1v) is 8.45. The zero-order valence-corrected chi connectivity index (χ0v) is 12.4. The monoisotopic (exact) mass is 280 g/mol. The van der Waals surface area contributed by atoms with Crippen molar-refractivity contribution in [3.8, 4) is 0 Å². The Morgan fingerprint density at radius 3 is 2.65 bits per heavy atom. The Kier molecular flexibility index (Phi) is 4.94. The van der Waals surface area contributed by atoms with Crippen LogP contribution in [0.1, 0.15) is 51.4 Å². The molecule has 0 aromatic rings. The summed E-state index contributed by atoms with van der Waals surface area (Å²) in [5.41, 5.74) is 0. The minimum absolute atomic E-state index is 0.192. The standard InChI is InChI=1S/C16H28N2O2/c19-16(14-10-12-6-7-15(14)18-11-12)17-8-9-20-13-4-2-1-3-5-13/h12-15,18H,1-11H2,(H,17,19). The first kappa shape index (κ1) is 14.3. The molecule has 20 heavy (non-hydrogen) atoms. The number of ether oxygens (including phenoxy) is 1. The van der Waals surface area contributed by atoms with Crippen molar-refractivity contribution in [3.05, 3.63) is 0 Å². The van der Waals surface area contributed by atoms with Crippen LogP contribution >= 0.6 is 0 Å².